The zero-order valence-corrected chi connectivity index (χ0v) is 11.2. The predicted octanol–water partition coefficient (Wildman–Crippen LogP) is 3.65. The molecule has 2 aromatic carbocycles. The van der Waals surface area contributed by atoms with Crippen LogP contribution in [-0.2, 0) is 16.2 Å². The van der Waals surface area contributed by atoms with Crippen LogP contribution in [0.3, 0.4) is 0 Å². The van der Waals surface area contributed by atoms with Crippen LogP contribution in [0.15, 0.2) is 53.4 Å². The molecular formula is C13H9F4NO2S. The number of rotatable bonds is 3. The van der Waals surface area contributed by atoms with Gasteiger partial charge in [-0.15, -0.1) is 0 Å². The van der Waals surface area contributed by atoms with Crippen LogP contribution < -0.4 is 4.72 Å². The van der Waals surface area contributed by atoms with E-state index >= 15 is 0 Å². The number of nitrogens with one attached hydrogen (secondary N) is 1. The summed E-state index contributed by atoms with van der Waals surface area (Å²) in [6.07, 6.45) is -4.66. The van der Waals surface area contributed by atoms with Crippen molar-refractivity contribution in [3.05, 3.63) is 59.9 Å². The number of alkyl halides is 3. The van der Waals surface area contributed by atoms with Gasteiger partial charge >= 0.3 is 6.18 Å². The second kappa shape index (κ2) is 5.36. The van der Waals surface area contributed by atoms with Crippen LogP contribution in [-0.4, -0.2) is 8.42 Å². The summed E-state index contributed by atoms with van der Waals surface area (Å²) in [5, 5.41) is 0. The second-order valence-corrected chi connectivity index (χ2v) is 5.79. The third-order valence-electron chi connectivity index (χ3n) is 2.59. The first kappa shape index (κ1) is 15.3. The van der Waals surface area contributed by atoms with Gasteiger partial charge in [0.15, 0.2) is 0 Å². The number of anilines is 1. The minimum Gasteiger partial charge on any atom is -0.277 e. The van der Waals surface area contributed by atoms with Gasteiger partial charge in [-0.05, 0) is 30.3 Å². The molecule has 3 nitrogen and oxygen atoms in total. The fraction of sp³-hybridized carbons (Fsp3) is 0.0769. The highest BCUT2D eigenvalue weighted by Gasteiger charge is 2.31. The van der Waals surface area contributed by atoms with Crippen LogP contribution in [0.1, 0.15) is 5.56 Å². The Morgan fingerprint density at radius 2 is 1.62 bits per heavy atom. The molecular weight excluding hydrogens is 310 g/mol. The molecule has 0 aliphatic carbocycles. The predicted molar refractivity (Wildman–Crippen MR) is 68.7 cm³/mol. The van der Waals surface area contributed by atoms with E-state index in [1.165, 1.54) is 18.2 Å². The molecule has 0 spiro atoms. The van der Waals surface area contributed by atoms with Crippen molar-refractivity contribution in [2.24, 2.45) is 0 Å². The lowest BCUT2D eigenvalue weighted by Gasteiger charge is -2.11. The highest BCUT2D eigenvalue weighted by molar-refractivity contribution is 7.92. The number of sulfonamides is 1. The van der Waals surface area contributed by atoms with Crippen LogP contribution in [0.25, 0.3) is 0 Å². The van der Waals surface area contributed by atoms with Gasteiger partial charge in [0.1, 0.15) is 5.82 Å². The highest BCUT2D eigenvalue weighted by atomic mass is 32.2. The summed E-state index contributed by atoms with van der Waals surface area (Å²) in [7, 11) is -4.31. The maximum absolute atomic E-state index is 13.4. The van der Waals surface area contributed by atoms with Crippen LogP contribution in [0.2, 0.25) is 0 Å². The molecule has 0 saturated carbocycles. The summed E-state index contributed by atoms with van der Waals surface area (Å²) in [4.78, 5) is -0.597. The monoisotopic (exact) mass is 319 g/mol. The average Bonchev–Trinajstić information content (AvgIpc) is 2.40. The van der Waals surface area contributed by atoms with Crippen molar-refractivity contribution >= 4 is 15.7 Å². The van der Waals surface area contributed by atoms with Gasteiger partial charge in [0, 0.05) is 0 Å². The Kier molecular flexibility index (Phi) is 3.91. The van der Waals surface area contributed by atoms with Crippen molar-refractivity contribution in [3.63, 3.8) is 0 Å². The van der Waals surface area contributed by atoms with Crippen molar-refractivity contribution in [1.82, 2.24) is 0 Å². The van der Waals surface area contributed by atoms with Gasteiger partial charge < -0.3 is 0 Å². The fourth-order valence-corrected chi connectivity index (χ4v) is 2.70. The summed E-state index contributed by atoms with van der Waals surface area (Å²) < 4.78 is 77.0. The molecule has 0 radical (unpaired) electrons. The number of hydrogen-bond donors (Lipinski definition) is 1. The Balaban J connectivity index is 2.39. The zero-order chi connectivity index (χ0) is 15.7. The minimum atomic E-state index is -4.66. The smallest absolute Gasteiger partial charge is 0.277 e. The normalized spacial score (nSPS) is 12.2. The molecule has 0 aliphatic heterocycles. The molecule has 2 rings (SSSR count). The van der Waals surface area contributed by atoms with Crippen molar-refractivity contribution < 1.29 is 26.0 Å². The molecule has 0 atom stereocenters. The first-order valence-corrected chi connectivity index (χ1v) is 7.13. The summed E-state index contributed by atoms with van der Waals surface area (Å²) in [6, 6.07) is 8.16. The Morgan fingerprint density at radius 1 is 0.952 bits per heavy atom. The van der Waals surface area contributed by atoms with Crippen molar-refractivity contribution in [2.75, 3.05) is 4.72 Å². The summed E-state index contributed by atoms with van der Waals surface area (Å²) >= 11 is 0. The van der Waals surface area contributed by atoms with Gasteiger partial charge in [-0.1, -0.05) is 18.2 Å². The quantitative estimate of drug-likeness (QED) is 0.878. The molecule has 0 amide bonds. The molecule has 0 fully saturated rings. The topological polar surface area (TPSA) is 46.2 Å². The standard InChI is InChI=1S/C13H9F4NO2S/c14-11-6-1-2-7-12(11)18-21(19,20)10-5-3-4-9(8-10)13(15,16)17/h1-8,18H. The summed E-state index contributed by atoms with van der Waals surface area (Å²) in [5.41, 5.74) is -1.44. The first-order valence-electron chi connectivity index (χ1n) is 5.65. The van der Waals surface area contributed by atoms with E-state index in [2.05, 4.69) is 0 Å². The third kappa shape index (κ3) is 3.52. The van der Waals surface area contributed by atoms with Crippen LogP contribution in [0, 0.1) is 5.82 Å². The lowest BCUT2D eigenvalue weighted by molar-refractivity contribution is -0.137. The summed E-state index contributed by atoms with van der Waals surface area (Å²) in [6.45, 7) is 0. The molecule has 1 N–H and O–H groups in total. The number of hydrogen-bond acceptors (Lipinski definition) is 2. The molecule has 21 heavy (non-hydrogen) atoms. The van der Waals surface area contributed by atoms with E-state index in [1.54, 1.807) is 0 Å². The fourth-order valence-electron chi connectivity index (χ4n) is 1.59. The molecule has 0 aromatic heterocycles. The average molecular weight is 319 g/mol. The lowest BCUT2D eigenvalue weighted by atomic mass is 10.2. The molecule has 112 valence electrons. The van der Waals surface area contributed by atoms with E-state index in [-0.39, 0.29) is 5.69 Å². The number of halogens is 4. The molecule has 8 heteroatoms. The SMILES string of the molecule is O=S(=O)(Nc1ccccc1F)c1cccc(C(F)(F)F)c1. The molecule has 0 heterocycles. The lowest BCUT2D eigenvalue weighted by Crippen LogP contribution is -2.15. The molecule has 2 aromatic rings. The molecule has 0 unspecified atom stereocenters. The molecule has 0 bridgehead atoms. The Labute approximate surface area is 118 Å². The number of benzene rings is 2. The maximum atomic E-state index is 13.4. The van der Waals surface area contributed by atoms with Crippen molar-refractivity contribution in [3.8, 4) is 0 Å². The van der Waals surface area contributed by atoms with E-state index in [9.17, 15) is 26.0 Å². The number of para-hydroxylation sites is 1. The first-order chi connectivity index (χ1) is 9.70. The third-order valence-corrected chi connectivity index (χ3v) is 3.95. The zero-order valence-electron chi connectivity index (χ0n) is 10.4. The van der Waals surface area contributed by atoms with Gasteiger partial charge in [0.25, 0.3) is 10.0 Å². The van der Waals surface area contributed by atoms with E-state index in [0.29, 0.717) is 6.07 Å². The molecule has 0 aliphatic rings. The van der Waals surface area contributed by atoms with Crippen LogP contribution in [0.4, 0.5) is 23.2 Å². The molecule has 0 saturated heterocycles. The Hall–Kier alpha value is -2.09. The van der Waals surface area contributed by atoms with Gasteiger partial charge in [-0.2, -0.15) is 13.2 Å². The van der Waals surface area contributed by atoms with E-state index in [0.717, 1.165) is 24.3 Å². The van der Waals surface area contributed by atoms with Gasteiger partial charge in [-0.3, -0.25) is 4.72 Å². The largest absolute Gasteiger partial charge is 0.416 e. The van der Waals surface area contributed by atoms with Crippen LogP contribution >= 0.6 is 0 Å². The van der Waals surface area contributed by atoms with E-state index < -0.39 is 32.5 Å². The Bertz CT molecular complexity index is 757. The summed E-state index contributed by atoms with van der Waals surface area (Å²) in [5.74, 6) is -0.826. The van der Waals surface area contributed by atoms with Gasteiger partial charge in [0.05, 0.1) is 16.1 Å². The van der Waals surface area contributed by atoms with Crippen molar-refractivity contribution in [2.45, 2.75) is 11.1 Å². The second-order valence-electron chi connectivity index (χ2n) is 4.11. The van der Waals surface area contributed by atoms with Gasteiger partial charge in [-0.25, -0.2) is 12.8 Å². The van der Waals surface area contributed by atoms with E-state index in [4.69, 9.17) is 0 Å². The van der Waals surface area contributed by atoms with E-state index in [1.807, 2.05) is 4.72 Å². The van der Waals surface area contributed by atoms with Crippen LogP contribution in [0.5, 0.6) is 0 Å². The Morgan fingerprint density at radius 3 is 2.24 bits per heavy atom. The minimum absolute atomic E-state index is 0.338. The maximum Gasteiger partial charge on any atom is 0.416 e. The highest BCUT2D eigenvalue weighted by Crippen LogP contribution is 2.31. The van der Waals surface area contributed by atoms with Gasteiger partial charge in [0.2, 0.25) is 0 Å². The van der Waals surface area contributed by atoms with Crippen molar-refractivity contribution in [1.29, 1.82) is 0 Å².